The van der Waals surface area contributed by atoms with E-state index in [-0.39, 0.29) is 75.4 Å². The van der Waals surface area contributed by atoms with Crippen molar-refractivity contribution >= 4 is 53.3 Å². The van der Waals surface area contributed by atoms with E-state index in [4.69, 9.17) is 11.5 Å². The lowest BCUT2D eigenvalue weighted by atomic mass is 9.85. The van der Waals surface area contributed by atoms with Gasteiger partial charge in [-0.3, -0.25) is 24.0 Å². The summed E-state index contributed by atoms with van der Waals surface area (Å²) in [5.74, 6) is -1.91. The lowest BCUT2D eigenvalue weighted by Crippen LogP contribution is -2.57. The average Bonchev–Trinajstić information content (AvgIpc) is 3.72. The second kappa shape index (κ2) is 19.6. The van der Waals surface area contributed by atoms with Gasteiger partial charge < -0.3 is 37.4 Å². The van der Waals surface area contributed by atoms with Crippen LogP contribution in [0.3, 0.4) is 0 Å². The van der Waals surface area contributed by atoms with Crippen molar-refractivity contribution in [2.75, 3.05) is 6.54 Å². The summed E-state index contributed by atoms with van der Waals surface area (Å²) in [5.41, 5.74) is 16.9. The van der Waals surface area contributed by atoms with Crippen LogP contribution in [0.1, 0.15) is 75.3 Å². The first-order chi connectivity index (χ1) is 24.6. The smallest absolute Gasteiger partial charge is 0.246 e. The summed E-state index contributed by atoms with van der Waals surface area (Å²) in [5, 5.41) is 19.1. The van der Waals surface area contributed by atoms with E-state index < -0.39 is 41.5 Å². The Morgan fingerprint density at radius 1 is 0.962 bits per heavy atom. The summed E-state index contributed by atoms with van der Waals surface area (Å²) in [4.78, 5) is 70.3. The van der Waals surface area contributed by atoms with Gasteiger partial charge in [0.25, 0.3) is 0 Å². The molecule has 288 valence electrons. The van der Waals surface area contributed by atoms with Crippen molar-refractivity contribution in [3.05, 3.63) is 76.4 Å². The van der Waals surface area contributed by atoms with Gasteiger partial charge in [0.2, 0.25) is 29.5 Å². The normalized spacial score (nSPS) is 16.6. The number of nitrogens with one attached hydrogen (secondary N) is 3. The Hall–Kier alpha value is -4.37. The van der Waals surface area contributed by atoms with E-state index in [9.17, 15) is 29.1 Å². The van der Waals surface area contributed by atoms with Gasteiger partial charge in [-0.2, -0.15) is 0 Å². The van der Waals surface area contributed by atoms with E-state index >= 15 is 0 Å². The van der Waals surface area contributed by atoms with E-state index in [0.29, 0.717) is 12.8 Å². The number of primary amides is 1. The predicted molar refractivity (Wildman–Crippen MR) is 207 cm³/mol. The van der Waals surface area contributed by atoms with E-state index in [1.54, 1.807) is 11.3 Å². The van der Waals surface area contributed by atoms with Gasteiger partial charge in [0.15, 0.2) is 0 Å². The highest BCUT2D eigenvalue weighted by Gasteiger charge is 2.44. The molecule has 8 N–H and O–H groups in total. The summed E-state index contributed by atoms with van der Waals surface area (Å²) >= 11 is 1.57. The first kappa shape index (κ1) is 43.0. The number of carbonyl (C=O) groups excluding carboxylic acids is 5. The highest BCUT2D eigenvalue weighted by Crippen LogP contribution is 2.28. The van der Waals surface area contributed by atoms with Crippen molar-refractivity contribution in [2.45, 2.75) is 104 Å². The molecule has 4 atom stereocenters. The molecule has 13 nitrogen and oxygen atoms in total. The number of aromatic nitrogens is 1. The molecule has 1 aliphatic rings. The number of hydrogen-bond acceptors (Lipinski definition) is 9. The Balaban J connectivity index is 0.00000756. The van der Waals surface area contributed by atoms with Gasteiger partial charge in [-0.05, 0) is 53.9 Å². The largest absolute Gasteiger partial charge is 0.391 e. The molecule has 3 aromatic rings. The number of β-amino-alcohol motifs (C(OH)–C–C–N with tert-alkyl or cyclic N) is 1. The number of aliphatic hydroxyl groups is 1. The fourth-order valence-corrected chi connectivity index (χ4v) is 6.85. The molecule has 0 unspecified atom stereocenters. The zero-order valence-electron chi connectivity index (χ0n) is 30.7. The average molecular weight is 770 g/mol. The van der Waals surface area contributed by atoms with E-state index in [1.165, 1.54) is 4.90 Å². The van der Waals surface area contributed by atoms with Crippen LogP contribution in [0.4, 0.5) is 0 Å². The summed E-state index contributed by atoms with van der Waals surface area (Å²) in [7, 11) is 0. The molecule has 0 aliphatic carbocycles. The standard InChI is InChI=1S/C38H51N7O6S.ClH/c1-23-33(52-22-43-23)27-14-12-26(13-15-27)20-42-36(50)30-18-28(46)21-45(30)37(51)34(38(2,3)4)44-32(48)7-5-6-24-8-10-25(11-9-24)19-41-35(49)29(39)16-17-31(40)47;/h8-15,22,28-30,34,46H,5-7,16-21,39H2,1-4H3,(H2,40,47)(H,41,49)(H,42,50)(H,44,48);1H/t28-,29+,30+,34-;/m1./s1. The maximum absolute atomic E-state index is 13.9. The van der Waals surface area contributed by atoms with Crippen molar-refractivity contribution in [1.29, 1.82) is 0 Å². The number of halogens is 1. The molecule has 0 radical (unpaired) electrons. The van der Waals surface area contributed by atoms with Crippen LogP contribution in [0.5, 0.6) is 0 Å². The van der Waals surface area contributed by atoms with Crippen LogP contribution in [0.15, 0.2) is 54.0 Å². The molecule has 1 aromatic heterocycles. The first-order valence-corrected chi connectivity index (χ1v) is 18.4. The van der Waals surface area contributed by atoms with Crippen LogP contribution in [0.25, 0.3) is 10.4 Å². The van der Waals surface area contributed by atoms with Crippen molar-refractivity contribution in [2.24, 2.45) is 16.9 Å². The molecule has 5 amide bonds. The Labute approximate surface area is 321 Å². The third kappa shape index (κ3) is 12.6. The Bertz CT molecular complexity index is 1710. The van der Waals surface area contributed by atoms with Gasteiger partial charge in [0, 0.05) is 38.9 Å². The second-order valence-electron chi connectivity index (χ2n) is 14.4. The molecule has 15 heteroatoms. The number of nitrogens with two attached hydrogens (primary N) is 2. The first-order valence-electron chi connectivity index (χ1n) is 17.6. The van der Waals surface area contributed by atoms with Gasteiger partial charge in [-0.15, -0.1) is 23.7 Å². The van der Waals surface area contributed by atoms with E-state index in [1.807, 2.05) is 81.7 Å². The summed E-state index contributed by atoms with van der Waals surface area (Å²) in [6, 6.07) is 12.9. The SMILES string of the molecule is Cc1ncsc1-c1ccc(CNC(=O)[C@@H]2C[C@@H](O)CN2C(=O)[C@@H](NC(=O)CCCc2ccc(CNC(=O)[C@@H](N)CCC(N)=O)cc2)C(C)(C)C)cc1.Cl. The van der Waals surface area contributed by atoms with Crippen LogP contribution in [-0.2, 0) is 43.5 Å². The maximum Gasteiger partial charge on any atom is 0.246 e. The number of carbonyl (C=O) groups is 5. The summed E-state index contributed by atoms with van der Waals surface area (Å²) in [6.07, 6.45) is 0.841. The number of aliphatic hydroxyl groups excluding tert-OH is 1. The molecule has 4 rings (SSSR count). The van der Waals surface area contributed by atoms with Gasteiger partial charge in [-0.25, -0.2) is 4.98 Å². The van der Waals surface area contributed by atoms with Crippen LogP contribution < -0.4 is 27.4 Å². The molecular formula is C38H52ClN7O6S. The summed E-state index contributed by atoms with van der Waals surface area (Å²) < 4.78 is 0. The second-order valence-corrected chi connectivity index (χ2v) is 15.3. The van der Waals surface area contributed by atoms with Crippen LogP contribution in [-0.4, -0.2) is 75.3 Å². The minimum Gasteiger partial charge on any atom is -0.391 e. The number of nitrogens with zero attached hydrogens (tertiary/aromatic N) is 2. The van der Waals surface area contributed by atoms with E-state index in [2.05, 4.69) is 20.9 Å². The number of amides is 5. The molecule has 0 saturated carbocycles. The number of benzene rings is 2. The molecule has 1 fully saturated rings. The van der Waals surface area contributed by atoms with Crippen LogP contribution in [0.2, 0.25) is 0 Å². The lowest BCUT2D eigenvalue weighted by molar-refractivity contribution is -0.144. The minimum absolute atomic E-state index is 0. The lowest BCUT2D eigenvalue weighted by Gasteiger charge is -2.35. The van der Waals surface area contributed by atoms with Crippen molar-refractivity contribution in [1.82, 2.24) is 25.8 Å². The zero-order chi connectivity index (χ0) is 38.0. The fraction of sp³-hybridized carbons (Fsp3) is 0.474. The Morgan fingerprint density at radius 3 is 2.15 bits per heavy atom. The van der Waals surface area contributed by atoms with Gasteiger partial charge in [0.1, 0.15) is 12.1 Å². The van der Waals surface area contributed by atoms with Crippen LogP contribution in [0, 0.1) is 12.3 Å². The molecule has 2 aromatic carbocycles. The third-order valence-electron chi connectivity index (χ3n) is 9.11. The maximum atomic E-state index is 13.9. The van der Waals surface area contributed by atoms with Crippen molar-refractivity contribution in [3.8, 4) is 10.4 Å². The molecule has 2 heterocycles. The molecule has 0 bridgehead atoms. The highest BCUT2D eigenvalue weighted by molar-refractivity contribution is 7.13. The van der Waals surface area contributed by atoms with Gasteiger partial charge >= 0.3 is 0 Å². The molecular weight excluding hydrogens is 718 g/mol. The number of aryl methyl sites for hydroxylation is 2. The van der Waals surface area contributed by atoms with Crippen LogP contribution >= 0.6 is 23.7 Å². The number of hydrogen-bond donors (Lipinski definition) is 6. The zero-order valence-corrected chi connectivity index (χ0v) is 32.4. The molecule has 1 saturated heterocycles. The monoisotopic (exact) mass is 769 g/mol. The third-order valence-corrected chi connectivity index (χ3v) is 10.1. The number of thiazole rings is 1. The number of likely N-dealkylation sites (tertiary alicyclic amines) is 1. The van der Waals surface area contributed by atoms with E-state index in [0.717, 1.165) is 32.8 Å². The fourth-order valence-electron chi connectivity index (χ4n) is 6.04. The summed E-state index contributed by atoms with van der Waals surface area (Å²) in [6.45, 7) is 8.08. The van der Waals surface area contributed by atoms with Crippen molar-refractivity contribution < 1.29 is 29.1 Å². The number of rotatable bonds is 16. The molecule has 1 aliphatic heterocycles. The van der Waals surface area contributed by atoms with Gasteiger partial charge in [-0.1, -0.05) is 69.3 Å². The molecule has 53 heavy (non-hydrogen) atoms. The minimum atomic E-state index is -0.901. The Kier molecular flexibility index (Phi) is 15.9. The predicted octanol–water partition coefficient (Wildman–Crippen LogP) is 2.88. The van der Waals surface area contributed by atoms with Crippen molar-refractivity contribution in [3.63, 3.8) is 0 Å². The quantitative estimate of drug-likeness (QED) is 0.127. The molecule has 0 spiro atoms. The topological polar surface area (TPSA) is 210 Å². The van der Waals surface area contributed by atoms with Gasteiger partial charge in [0.05, 0.1) is 28.2 Å². The highest BCUT2D eigenvalue weighted by atomic mass is 35.5. The Morgan fingerprint density at radius 2 is 1.57 bits per heavy atom.